The fourth-order valence-corrected chi connectivity index (χ4v) is 8.61. The third-order valence-corrected chi connectivity index (χ3v) is 10.7. The molecule has 2 aliphatic carbocycles. The lowest BCUT2D eigenvalue weighted by Crippen LogP contribution is -2.61. The van der Waals surface area contributed by atoms with E-state index in [2.05, 4.69) is 91.8 Å². The normalized spacial score (nSPS) is 36.1. The molecule has 2 aromatic carbocycles. The summed E-state index contributed by atoms with van der Waals surface area (Å²) >= 11 is 0. The summed E-state index contributed by atoms with van der Waals surface area (Å²) in [7, 11) is 0. The molecule has 0 unspecified atom stereocenters. The van der Waals surface area contributed by atoms with E-state index in [1.807, 2.05) is 21.9 Å². The second-order valence-corrected chi connectivity index (χ2v) is 13.9. The molecule has 0 bridgehead atoms. The van der Waals surface area contributed by atoms with E-state index in [-0.39, 0.29) is 23.0 Å². The molecule has 202 valence electrons. The van der Waals surface area contributed by atoms with Gasteiger partial charge in [-0.1, -0.05) is 76.2 Å². The molecule has 4 aliphatic rings. The molecule has 0 spiro atoms. The minimum absolute atomic E-state index is 0.131. The molecule has 38 heavy (non-hydrogen) atoms. The standard InChI is InChI=1S/C32H40N2O4/c1-27(2)19-29(5)31(7,23-15-11-9-13-21(23)27)33(25(35)37-29)17-18-34-26(36)38-30(6)20-28(3,4)22-14-10-12-16-24(22)32(30,34)8/h9-16H,17-20H2,1-8H3/t29-,30+,31+,32-. The zero-order valence-electron chi connectivity index (χ0n) is 24.0. The zero-order valence-corrected chi connectivity index (χ0v) is 24.0. The molecule has 6 nitrogen and oxygen atoms in total. The Balaban J connectivity index is 1.40. The molecule has 2 amide bonds. The van der Waals surface area contributed by atoms with Crippen molar-refractivity contribution in [2.24, 2.45) is 0 Å². The van der Waals surface area contributed by atoms with Crippen molar-refractivity contribution in [3.63, 3.8) is 0 Å². The molecular formula is C32H40N2O4. The summed E-state index contributed by atoms with van der Waals surface area (Å²) in [4.78, 5) is 30.8. The summed E-state index contributed by atoms with van der Waals surface area (Å²) in [5.41, 5.74) is 1.78. The van der Waals surface area contributed by atoms with Crippen LogP contribution in [0.2, 0.25) is 0 Å². The Morgan fingerprint density at radius 2 is 0.895 bits per heavy atom. The Bertz CT molecular complexity index is 1260. The van der Waals surface area contributed by atoms with Gasteiger partial charge in [0.2, 0.25) is 0 Å². The summed E-state index contributed by atoms with van der Waals surface area (Å²) in [5, 5.41) is 0. The summed E-state index contributed by atoms with van der Waals surface area (Å²) in [5.74, 6) is 0. The van der Waals surface area contributed by atoms with E-state index in [1.165, 1.54) is 11.1 Å². The highest BCUT2D eigenvalue weighted by atomic mass is 16.6. The number of hydrogen-bond acceptors (Lipinski definition) is 4. The van der Waals surface area contributed by atoms with Crippen LogP contribution in [-0.2, 0) is 31.4 Å². The van der Waals surface area contributed by atoms with E-state index in [9.17, 15) is 9.59 Å². The summed E-state index contributed by atoms with van der Waals surface area (Å²) in [6, 6.07) is 16.8. The van der Waals surface area contributed by atoms with Crippen molar-refractivity contribution >= 4 is 12.2 Å². The molecule has 0 radical (unpaired) electrons. The lowest BCUT2D eigenvalue weighted by molar-refractivity contribution is -0.0368. The van der Waals surface area contributed by atoms with Crippen molar-refractivity contribution in [1.82, 2.24) is 9.80 Å². The third-order valence-electron chi connectivity index (χ3n) is 10.7. The first-order valence-electron chi connectivity index (χ1n) is 13.8. The van der Waals surface area contributed by atoms with E-state index < -0.39 is 22.3 Å². The van der Waals surface area contributed by atoms with E-state index in [0.29, 0.717) is 13.1 Å². The third kappa shape index (κ3) is 2.89. The van der Waals surface area contributed by atoms with Crippen molar-refractivity contribution in [2.45, 2.75) is 101 Å². The molecule has 2 aromatic rings. The first-order valence-corrected chi connectivity index (χ1v) is 13.8. The van der Waals surface area contributed by atoms with Gasteiger partial charge in [0.25, 0.3) is 0 Å². The molecule has 0 N–H and O–H groups in total. The number of rotatable bonds is 3. The summed E-state index contributed by atoms with van der Waals surface area (Å²) in [6.07, 6.45) is 0.792. The van der Waals surface area contributed by atoms with Gasteiger partial charge in [0.15, 0.2) is 0 Å². The molecule has 0 saturated carbocycles. The highest BCUT2D eigenvalue weighted by Crippen LogP contribution is 2.59. The minimum Gasteiger partial charge on any atom is -0.440 e. The fourth-order valence-electron chi connectivity index (χ4n) is 8.61. The van der Waals surface area contributed by atoms with Crippen LogP contribution in [0.1, 0.15) is 90.5 Å². The Morgan fingerprint density at radius 3 is 1.24 bits per heavy atom. The van der Waals surface area contributed by atoms with Gasteiger partial charge < -0.3 is 9.47 Å². The SMILES string of the molecule is CC1(C)C[C@]2(C)OC(=O)N(CCN3C(=O)O[C@]4(C)CC(C)(C)c5ccccc5[C@]34C)[C@]2(C)c2ccccc21. The van der Waals surface area contributed by atoms with Crippen LogP contribution in [0.4, 0.5) is 9.59 Å². The zero-order chi connectivity index (χ0) is 27.5. The van der Waals surface area contributed by atoms with Crippen LogP contribution in [0.25, 0.3) is 0 Å². The largest absolute Gasteiger partial charge is 0.440 e. The Morgan fingerprint density at radius 1 is 0.579 bits per heavy atom. The maximum absolute atomic E-state index is 13.5. The van der Waals surface area contributed by atoms with Crippen molar-refractivity contribution in [2.75, 3.05) is 13.1 Å². The highest BCUT2D eigenvalue weighted by molar-refractivity contribution is 5.76. The molecule has 6 rings (SSSR count). The molecular weight excluding hydrogens is 476 g/mol. The molecule has 6 heteroatoms. The van der Waals surface area contributed by atoms with Crippen LogP contribution >= 0.6 is 0 Å². The molecule has 2 fully saturated rings. The number of carbonyl (C=O) groups is 2. The lowest BCUT2D eigenvalue weighted by Gasteiger charge is -2.53. The minimum atomic E-state index is -0.687. The highest BCUT2D eigenvalue weighted by Gasteiger charge is 2.68. The van der Waals surface area contributed by atoms with E-state index in [1.54, 1.807) is 0 Å². The van der Waals surface area contributed by atoms with Crippen LogP contribution in [0.3, 0.4) is 0 Å². The predicted octanol–water partition coefficient (Wildman–Crippen LogP) is 6.60. The summed E-state index contributed by atoms with van der Waals surface area (Å²) < 4.78 is 12.4. The van der Waals surface area contributed by atoms with Crippen molar-refractivity contribution in [1.29, 1.82) is 0 Å². The number of carbonyl (C=O) groups excluding carboxylic acids is 2. The number of ether oxygens (including phenoxy) is 2. The van der Waals surface area contributed by atoms with Crippen LogP contribution in [0.5, 0.6) is 0 Å². The van der Waals surface area contributed by atoms with Gasteiger partial charge >= 0.3 is 12.2 Å². The van der Waals surface area contributed by atoms with Gasteiger partial charge in [0.05, 0.1) is 0 Å². The van der Waals surface area contributed by atoms with Crippen LogP contribution in [0.15, 0.2) is 48.5 Å². The molecule has 4 atom stereocenters. The van der Waals surface area contributed by atoms with Crippen molar-refractivity contribution in [3.05, 3.63) is 70.8 Å². The van der Waals surface area contributed by atoms with E-state index >= 15 is 0 Å². The van der Waals surface area contributed by atoms with Gasteiger partial charge in [-0.05, 0) is 73.6 Å². The molecule has 2 aliphatic heterocycles. The Kier molecular flexibility index (Phi) is 4.88. The Labute approximate surface area is 226 Å². The first kappa shape index (κ1) is 25.3. The average Bonchev–Trinajstić information content (AvgIpc) is 3.14. The smallest absolute Gasteiger partial charge is 0.411 e. The Hall–Kier alpha value is -3.02. The van der Waals surface area contributed by atoms with E-state index in [0.717, 1.165) is 24.0 Å². The topological polar surface area (TPSA) is 59.1 Å². The van der Waals surface area contributed by atoms with Crippen LogP contribution in [0, 0.1) is 0 Å². The monoisotopic (exact) mass is 516 g/mol. The maximum atomic E-state index is 13.5. The van der Waals surface area contributed by atoms with Gasteiger partial charge in [0.1, 0.15) is 22.3 Å². The second kappa shape index (κ2) is 7.34. The summed E-state index contributed by atoms with van der Waals surface area (Å²) in [6.45, 7) is 18.0. The molecule has 2 heterocycles. The lowest BCUT2D eigenvalue weighted by atomic mass is 9.58. The van der Waals surface area contributed by atoms with Crippen molar-refractivity contribution < 1.29 is 19.1 Å². The quantitative estimate of drug-likeness (QED) is 0.461. The average molecular weight is 517 g/mol. The fraction of sp³-hybridized carbons (Fsp3) is 0.562. The first-order chi connectivity index (χ1) is 17.6. The van der Waals surface area contributed by atoms with Crippen LogP contribution in [-0.4, -0.2) is 46.3 Å². The molecule has 2 saturated heterocycles. The van der Waals surface area contributed by atoms with Gasteiger partial charge in [-0.2, -0.15) is 0 Å². The van der Waals surface area contributed by atoms with Crippen LogP contribution < -0.4 is 0 Å². The molecule has 0 aromatic heterocycles. The van der Waals surface area contributed by atoms with Gasteiger partial charge in [0, 0.05) is 13.1 Å². The van der Waals surface area contributed by atoms with Gasteiger partial charge in [-0.25, -0.2) is 9.59 Å². The van der Waals surface area contributed by atoms with Gasteiger partial charge in [-0.15, -0.1) is 0 Å². The number of fused-ring (bicyclic) bond motifs is 6. The van der Waals surface area contributed by atoms with Crippen molar-refractivity contribution in [3.8, 4) is 0 Å². The van der Waals surface area contributed by atoms with E-state index in [4.69, 9.17) is 9.47 Å². The number of hydrogen-bond donors (Lipinski definition) is 0. The maximum Gasteiger partial charge on any atom is 0.411 e. The van der Waals surface area contributed by atoms with Gasteiger partial charge in [-0.3, -0.25) is 9.80 Å². The second-order valence-electron chi connectivity index (χ2n) is 13.9. The number of amides is 2. The number of benzene rings is 2. The predicted molar refractivity (Wildman–Crippen MR) is 146 cm³/mol. The number of nitrogens with zero attached hydrogens (tertiary/aromatic N) is 2.